The Labute approximate surface area is 454 Å². The summed E-state index contributed by atoms with van der Waals surface area (Å²) in [6.07, 6.45) is 18.5. The number of benzene rings is 2. The van der Waals surface area contributed by atoms with Gasteiger partial charge in [-0.15, -0.1) is 0 Å². The number of pyridine rings is 2. The number of hydrogen-bond acceptors (Lipinski definition) is 15. The van der Waals surface area contributed by atoms with E-state index in [1.165, 1.54) is 25.7 Å². The van der Waals surface area contributed by atoms with Gasteiger partial charge in [-0.1, -0.05) is 39.8 Å². The molecular formula is C58H76N8O9S2. The van der Waals surface area contributed by atoms with Gasteiger partial charge in [-0.05, 0) is 163 Å². The van der Waals surface area contributed by atoms with Crippen LogP contribution >= 0.6 is 0 Å². The van der Waals surface area contributed by atoms with E-state index in [2.05, 4.69) is 40.8 Å². The second-order valence-corrected chi connectivity index (χ2v) is 24.3. The highest BCUT2D eigenvalue weighted by Crippen LogP contribution is 2.31. The molecule has 4 fully saturated rings. The molecule has 6 aromatic rings. The van der Waals surface area contributed by atoms with Crippen molar-refractivity contribution in [2.45, 2.75) is 147 Å². The Bertz CT molecular complexity index is 3050. The molecule has 2 saturated heterocycles. The number of amides is 2. The SMILES string of the molecule is C.C.Cc1oc(-c2ccc(C(=O)NCc3cccnc3)cc2)nc1CS(=O)(=O)C1CCN(C2CCCC2)CC1.Cc1oc(-c2ccc(C(=O)NCc3cccnc3)cc2)nc1CS(=O)(=O)C1CCNCC1.O=C1CCCC1. The molecule has 0 unspecified atom stereocenters. The third-order valence-electron chi connectivity index (χ3n) is 14.4. The molecule has 2 aliphatic heterocycles. The van der Waals surface area contributed by atoms with Crippen LogP contribution in [-0.4, -0.2) is 102 Å². The molecule has 3 N–H and O–H groups in total. The minimum Gasteiger partial charge on any atom is -0.441 e. The quantitative estimate of drug-likeness (QED) is 0.0868. The minimum absolute atomic E-state index is 0. The van der Waals surface area contributed by atoms with Crippen LogP contribution in [0.15, 0.2) is 106 Å². The first-order valence-electron chi connectivity index (χ1n) is 26.1. The maximum atomic E-state index is 13.2. The van der Waals surface area contributed by atoms with Crippen molar-refractivity contribution in [1.29, 1.82) is 0 Å². The molecule has 17 nitrogen and oxygen atoms in total. The summed E-state index contributed by atoms with van der Waals surface area (Å²) in [6.45, 7) is 7.42. The molecule has 2 amide bonds. The number of Topliss-reactive ketones (excluding diaryl/α,β-unsaturated/α-hetero) is 1. The largest absolute Gasteiger partial charge is 0.441 e. The van der Waals surface area contributed by atoms with Gasteiger partial charge < -0.3 is 29.7 Å². The predicted octanol–water partition coefficient (Wildman–Crippen LogP) is 9.34. The second-order valence-electron chi connectivity index (χ2n) is 19.8. The number of hydrogen-bond donors (Lipinski definition) is 3. The highest BCUT2D eigenvalue weighted by molar-refractivity contribution is 7.91. The first kappa shape index (κ1) is 59.8. The van der Waals surface area contributed by atoms with Crippen LogP contribution < -0.4 is 16.0 Å². The lowest BCUT2D eigenvalue weighted by molar-refractivity contribution is -0.117. The first-order chi connectivity index (χ1) is 36.2. The number of likely N-dealkylation sites (tertiary alicyclic amines) is 1. The zero-order valence-corrected chi connectivity index (χ0v) is 44.5. The Morgan fingerprint density at radius 2 is 1.04 bits per heavy atom. The zero-order chi connectivity index (χ0) is 52.8. The van der Waals surface area contributed by atoms with Crippen molar-refractivity contribution in [3.05, 3.63) is 143 Å². The third kappa shape index (κ3) is 16.8. The van der Waals surface area contributed by atoms with E-state index < -0.39 is 19.7 Å². The van der Waals surface area contributed by atoms with Crippen LogP contribution in [0.1, 0.15) is 147 Å². The van der Waals surface area contributed by atoms with Gasteiger partial charge in [0.15, 0.2) is 19.7 Å². The van der Waals surface area contributed by atoms with Gasteiger partial charge in [-0.2, -0.15) is 0 Å². The number of sulfone groups is 2. The number of nitrogens with zero attached hydrogens (tertiary/aromatic N) is 5. The summed E-state index contributed by atoms with van der Waals surface area (Å²) < 4.78 is 63.6. The maximum Gasteiger partial charge on any atom is 0.251 e. The van der Waals surface area contributed by atoms with Crippen LogP contribution in [0.2, 0.25) is 0 Å². The summed E-state index contributed by atoms with van der Waals surface area (Å²) >= 11 is 0. The highest BCUT2D eigenvalue weighted by Gasteiger charge is 2.35. The highest BCUT2D eigenvalue weighted by atomic mass is 32.2. The number of aryl methyl sites for hydroxylation is 2. The van der Waals surface area contributed by atoms with E-state index in [4.69, 9.17) is 8.83 Å². The van der Waals surface area contributed by atoms with Gasteiger partial charge in [0.2, 0.25) is 11.8 Å². The standard InChI is InChI=1S/C28H34N4O4S.C23H26N4O4S.C5H8O.2CH4/c1-20-26(19-37(34,35)25-12-15-32(16-13-25)24-6-2-3-7-24)31-28(36-20)23-10-8-22(9-11-23)27(33)30-18-21-5-4-14-29-17-21;1-16-21(15-32(29,30)20-8-11-24-12-9-20)27-23(31-16)19-6-4-18(5-7-19)22(28)26-14-17-3-2-10-25-13-17;6-5-3-1-2-4-5;;/h4-5,8-11,14,17,24-25H,2-3,6-7,12-13,15-16,18-19H2,1H3,(H,30,33);2-7,10,13,20,24H,8-9,11-12,14-15H2,1H3,(H,26,28);1-4H2;2*1H4. The molecule has 2 aromatic carbocycles. The number of aromatic nitrogens is 4. The molecule has 2 saturated carbocycles. The van der Waals surface area contributed by atoms with E-state index in [0.29, 0.717) is 108 Å². The molecule has 0 atom stereocenters. The Morgan fingerprint density at radius 3 is 1.43 bits per heavy atom. The number of oxazole rings is 2. The summed E-state index contributed by atoms with van der Waals surface area (Å²) in [5, 5.41) is 8.25. The lowest BCUT2D eigenvalue weighted by Gasteiger charge is -2.35. The van der Waals surface area contributed by atoms with Gasteiger partial charge in [0, 0.05) is 79.0 Å². The average Bonchev–Trinajstić information content (AvgIpc) is 4.30. The Hall–Kier alpha value is -6.41. The Balaban J connectivity index is 0.000000221. The molecule has 77 heavy (non-hydrogen) atoms. The summed E-state index contributed by atoms with van der Waals surface area (Å²) in [5.74, 6) is 1.56. The molecule has 0 bridgehead atoms. The van der Waals surface area contributed by atoms with Gasteiger partial charge in [0.1, 0.15) is 17.3 Å². The van der Waals surface area contributed by atoms with Crippen LogP contribution in [-0.2, 0) is 49.1 Å². The lowest BCUT2D eigenvalue weighted by Crippen LogP contribution is -2.44. The van der Waals surface area contributed by atoms with Crippen LogP contribution in [0, 0.1) is 13.8 Å². The van der Waals surface area contributed by atoms with Crippen molar-refractivity contribution in [1.82, 2.24) is 40.8 Å². The summed E-state index contributed by atoms with van der Waals surface area (Å²) in [5.41, 5.74) is 5.15. The molecule has 2 aliphatic carbocycles. The first-order valence-corrected chi connectivity index (χ1v) is 29.5. The molecule has 4 aliphatic rings. The zero-order valence-electron chi connectivity index (χ0n) is 42.8. The summed E-state index contributed by atoms with van der Waals surface area (Å²) in [6, 6.07) is 21.9. The van der Waals surface area contributed by atoms with Crippen molar-refractivity contribution < 1.29 is 40.1 Å². The number of carbonyl (C=O) groups excluding carboxylic acids is 3. The predicted molar refractivity (Wildman–Crippen MR) is 299 cm³/mol. The molecule has 19 heteroatoms. The fraction of sp³-hybridized carbons (Fsp3) is 0.466. The van der Waals surface area contributed by atoms with Crippen LogP contribution in [0.3, 0.4) is 0 Å². The van der Waals surface area contributed by atoms with E-state index in [1.54, 1.807) is 87.2 Å². The van der Waals surface area contributed by atoms with Crippen LogP contribution in [0.25, 0.3) is 22.9 Å². The Morgan fingerprint density at radius 1 is 0.610 bits per heavy atom. The van der Waals surface area contributed by atoms with Crippen LogP contribution in [0.4, 0.5) is 0 Å². The Kier molecular flexibility index (Phi) is 22.0. The molecule has 0 radical (unpaired) electrons. The van der Waals surface area contributed by atoms with Gasteiger partial charge in [0.05, 0.1) is 33.4 Å². The van der Waals surface area contributed by atoms with Gasteiger partial charge in [-0.25, -0.2) is 26.8 Å². The summed E-state index contributed by atoms with van der Waals surface area (Å²) in [4.78, 5) is 54.6. The fourth-order valence-electron chi connectivity index (χ4n) is 9.88. The molecule has 4 aromatic heterocycles. The smallest absolute Gasteiger partial charge is 0.251 e. The molecule has 6 heterocycles. The maximum absolute atomic E-state index is 13.2. The van der Waals surface area contributed by atoms with Crippen LogP contribution in [0.5, 0.6) is 0 Å². The molecule has 10 rings (SSSR count). The van der Waals surface area contributed by atoms with Crippen molar-refractivity contribution in [2.24, 2.45) is 0 Å². The third-order valence-corrected chi connectivity index (χ3v) is 18.7. The van der Waals surface area contributed by atoms with Crippen molar-refractivity contribution in [3.63, 3.8) is 0 Å². The number of nitrogens with one attached hydrogen (secondary N) is 3. The second kappa shape index (κ2) is 28.3. The van der Waals surface area contributed by atoms with E-state index >= 15 is 0 Å². The van der Waals surface area contributed by atoms with Gasteiger partial charge >= 0.3 is 0 Å². The van der Waals surface area contributed by atoms with Gasteiger partial charge in [-0.3, -0.25) is 24.4 Å². The van der Waals surface area contributed by atoms with Crippen molar-refractivity contribution in [2.75, 3.05) is 26.2 Å². The summed E-state index contributed by atoms with van der Waals surface area (Å²) in [7, 11) is -6.62. The van der Waals surface area contributed by atoms with E-state index in [9.17, 15) is 31.2 Å². The monoisotopic (exact) mass is 1090 g/mol. The molecule has 414 valence electrons. The minimum atomic E-state index is -3.33. The molecular weight excluding hydrogens is 1020 g/mol. The topological polar surface area (TPSA) is 237 Å². The lowest BCUT2D eigenvalue weighted by atomic mass is 10.1. The normalized spacial score (nSPS) is 16.5. The van der Waals surface area contributed by atoms with E-state index in [1.807, 2.05) is 24.3 Å². The number of rotatable bonds is 15. The van der Waals surface area contributed by atoms with Gasteiger partial charge in [0.25, 0.3) is 11.8 Å². The van der Waals surface area contributed by atoms with Crippen molar-refractivity contribution >= 4 is 37.3 Å². The van der Waals surface area contributed by atoms with E-state index in [0.717, 1.165) is 63.0 Å². The number of carbonyl (C=O) groups is 3. The number of piperidine rings is 2. The fourth-order valence-corrected chi connectivity index (χ4v) is 13.5. The van der Waals surface area contributed by atoms with E-state index in [-0.39, 0.29) is 48.7 Å². The molecule has 0 spiro atoms. The number of ketones is 1. The average molecular weight is 1090 g/mol. The van der Waals surface area contributed by atoms with Crippen molar-refractivity contribution in [3.8, 4) is 22.9 Å².